The van der Waals surface area contributed by atoms with Crippen LogP contribution in [0.2, 0.25) is 0 Å². The third-order valence-electron chi connectivity index (χ3n) is 3.83. The number of hydrogen-bond acceptors (Lipinski definition) is 10. The number of aliphatic hydroxyl groups excluding tert-OH is 2. The van der Waals surface area contributed by atoms with Crippen LogP contribution in [0.5, 0.6) is 0 Å². The summed E-state index contributed by atoms with van der Waals surface area (Å²) in [5.74, 6) is -2.11. The third-order valence-corrected chi connectivity index (χ3v) is 3.83. The Morgan fingerprint density at radius 1 is 0.567 bits per heavy atom. The zero-order valence-electron chi connectivity index (χ0n) is 17.8. The first kappa shape index (κ1) is 27.8. The van der Waals surface area contributed by atoms with Gasteiger partial charge in [-0.2, -0.15) is 0 Å². The van der Waals surface area contributed by atoms with E-state index in [9.17, 15) is 19.2 Å². The molecule has 0 fully saturated rings. The Hall–Kier alpha value is -2.20. The summed E-state index contributed by atoms with van der Waals surface area (Å²) < 4.78 is 19.5. The second-order valence-corrected chi connectivity index (χ2v) is 6.75. The van der Waals surface area contributed by atoms with Gasteiger partial charge in [-0.05, 0) is 52.4 Å². The SMILES string of the molecule is CC(O)C(=O)OCCCCCC(=O)OCCOC(=O)CCCCCOC(=O)C(C)O. The van der Waals surface area contributed by atoms with Crippen LogP contribution >= 0.6 is 0 Å². The Morgan fingerprint density at radius 3 is 1.27 bits per heavy atom. The van der Waals surface area contributed by atoms with Crippen molar-refractivity contribution in [2.75, 3.05) is 26.4 Å². The molecule has 0 aliphatic heterocycles. The van der Waals surface area contributed by atoms with E-state index in [-0.39, 0.29) is 39.3 Å². The fourth-order valence-corrected chi connectivity index (χ4v) is 2.14. The Kier molecular flexibility index (Phi) is 16.3. The van der Waals surface area contributed by atoms with Gasteiger partial charge in [0.05, 0.1) is 13.2 Å². The normalized spacial score (nSPS) is 12.5. The molecule has 0 rings (SSSR count). The highest BCUT2D eigenvalue weighted by molar-refractivity contribution is 5.74. The molecule has 0 saturated heterocycles. The Bertz CT molecular complexity index is 470. The molecule has 0 spiro atoms. The lowest BCUT2D eigenvalue weighted by Gasteiger charge is -2.08. The highest BCUT2D eigenvalue weighted by Crippen LogP contribution is 2.04. The molecule has 30 heavy (non-hydrogen) atoms. The average Bonchev–Trinajstić information content (AvgIpc) is 2.69. The number of ether oxygens (including phenoxy) is 4. The number of aliphatic hydroxyl groups is 2. The predicted octanol–water partition coefficient (Wildman–Crippen LogP) is 1.04. The third kappa shape index (κ3) is 16.7. The second-order valence-electron chi connectivity index (χ2n) is 6.75. The average molecular weight is 434 g/mol. The molecule has 10 nitrogen and oxygen atoms in total. The van der Waals surface area contributed by atoms with E-state index in [4.69, 9.17) is 29.2 Å². The van der Waals surface area contributed by atoms with Crippen LogP contribution in [0.3, 0.4) is 0 Å². The summed E-state index contributed by atoms with van der Waals surface area (Å²) in [6.07, 6.45) is 1.86. The van der Waals surface area contributed by atoms with E-state index >= 15 is 0 Å². The molecule has 174 valence electrons. The molecule has 0 aromatic carbocycles. The number of unbranched alkanes of at least 4 members (excludes halogenated alkanes) is 4. The van der Waals surface area contributed by atoms with Gasteiger partial charge in [-0.3, -0.25) is 9.59 Å². The minimum absolute atomic E-state index is 0.00807. The maximum absolute atomic E-state index is 11.5. The Morgan fingerprint density at radius 2 is 0.933 bits per heavy atom. The quantitative estimate of drug-likeness (QED) is 0.193. The number of hydrogen-bond donors (Lipinski definition) is 2. The number of carbonyl (C=O) groups excluding carboxylic acids is 4. The van der Waals surface area contributed by atoms with Crippen molar-refractivity contribution in [3.8, 4) is 0 Å². The number of carbonyl (C=O) groups is 4. The summed E-state index contributed by atoms with van der Waals surface area (Å²) in [7, 11) is 0. The molecular weight excluding hydrogens is 400 g/mol. The molecular formula is C20H34O10. The molecule has 2 N–H and O–H groups in total. The van der Waals surface area contributed by atoms with E-state index in [0.717, 1.165) is 0 Å². The molecule has 0 aromatic heterocycles. The lowest BCUT2D eigenvalue weighted by atomic mass is 10.2. The molecule has 0 aromatic rings. The van der Waals surface area contributed by atoms with Crippen molar-refractivity contribution < 1.29 is 48.3 Å². The second kappa shape index (κ2) is 17.6. The molecule has 2 unspecified atom stereocenters. The van der Waals surface area contributed by atoms with Crippen molar-refractivity contribution >= 4 is 23.9 Å². The molecule has 0 amide bonds. The predicted molar refractivity (Wildman–Crippen MR) is 104 cm³/mol. The minimum atomic E-state index is -1.14. The van der Waals surface area contributed by atoms with Gasteiger partial charge in [0, 0.05) is 12.8 Å². The Labute approximate surface area is 176 Å². The maximum atomic E-state index is 11.5. The maximum Gasteiger partial charge on any atom is 0.334 e. The van der Waals surface area contributed by atoms with E-state index in [0.29, 0.717) is 38.5 Å². The van der Waals surface area contributed by atoms with Crippen LogP contribution in [0.25, 0.3) is 0 Å². The van der Waals surface area contributed by atoms with Crippen molar-refractivity contribution in [3.63, 3.8) is 0 Å². The molecule has 2 atom stereocenters. The van der Waals surface area contributed by atoms with Crippen molar-refractivity contribution in [1.29, 1.82) is 0 Å². The molecule has 0 heterocycles. The van der Waals surface area contributed by atoms with Gasteiger partial charge in [-0.15, -0.1) is 0 Å². The molecule has 0 saturated carbocycles. The van der Waals surface area contributed by atoms with Gasteiger partial charge in [0.1, 0.15) is 25.4 Å². The zero-order valence-corrected chi connectivity index (χ0v) is 17.8. The molecule has 10 heteroatoms. The summed E-state index contributed by atoms with van der Waals surface area (Å²) in [4.78, 5) is 45.1. The van der Waals surface area contributed by atoms with Crippen LogP contribution < -0.4 is 0 Å². The van der Waals surface area contributed by atoms with Gasteiger partial charge in [0.15, 0.2) is 0 Å². The fourth-order valence-electron chi connectivity index (χ4n) is 2.14. The van der Waals surface area contributed by atoms with E-state index in [2.05, 4.69) is 0 Å². The largest absolute Gasteiger partial charge is 0.464 e. The summed E-state index contributed by atoms with van der Waals surface area (Å²) in [6.45, 7) is 3.04. The molecule has 0 aliphatic rings. The van der Waals surface area contributed by atoms with Gasteiger partial charge in [-0.25, -0.2) is 9.59 Å². The Balaban J connectivity index is 3.47. The van der Waals surface area contributed by atoms with Crippen molar-refractivity contribution in [1.82, 2.24) is 0 Å². The van der Waals surface area contributed by atoms with E-state index < -0.39 is 36.1 Å². The van der Waals surface area contributed by atoms with Gasteiger partial charge >= 0.3 is 23.9 Å². The molecule has 0 bridgehead atoms. The number of rotatable bonds is 17. The van der Waals surface area contributed by atoms with E-state index in [1.165, 1.54) is 13.8 Å². The molecule has 0 radical (unpaired) electrons. The van der Waals surface area contributed by atoms with Crippen LogP contribution in [-0.4, -0.2) is 72.7 Å². The topological polar surface area (TPSA) is 146 Å². The highest BCUT2D eigenvalue weighted by atomic mass is 16.6. The van der Waals surface area contributed by atoms with Gasteiger partial charge < -0.3 is 29.2 Å². The van der Waals surface area contributed by atoms with E-state index in [1.54, 1.807) is 0 Å². The fraction of sp³-hybridized carbons (Fsp3) is 0.800. The van der Waals surface area contributed by atoms with E-state index in [1.807, 2.05) is 0 Å². The summed E-state index contributed by atoms with van der Waals surface area (Å²) in [6, 6.07) is 0. The van der Waals surface area contributed by atoms with Gasteiger partial charge in [-0.1, -0.05) is 0 Å². The van der Waals surface area contributed by atoms with Gasteiger partial charge in [0.25, 0.3) is 0 Å². The summed E-state index contributed by atoms with van der Waals surface area (Å²) in [5, 5.41) is 17.9. The van der Waals surface area contributed by atoms with Gasteiger partial charge in [0.2, 0.25) is 0 Å². The minimum Gasteiger partial charge on any atom is -0.464 e. The summed E-state index contributed by atoms with van der Waals surface area (Å²) in [5.41, 5.74) is 0. The van der Waals surface area contributed by atoms with Crippen molar-refractivity contribution in [3.05, 3.63) is 0 Å². The van der Waals surface area contributed by atoms with Crippen molar-refractivity contribution in [2.24, 2.45) is 0 Å². The van der Waals surface area contributed by atoms with Crippen LogP contribution in [0, 0.1) is 0 Å². The lowest BCUT2D eigenvalue weighted by molar-refractivity contribution is -0.153. The summed E-state index contributed by atoms with van der Waals surface area (Å²) >= 11 is 0. The van der Waals surface area contributed by atoms with Crippen LogP contribution in [0.4, 0.5) is 0 Å². The zero-order chi connectivity index (χ0) is 22.8. The standard InChI is InChI=1S/C20H34O10/c1-15(21)19(25)29-11-7-3-5-9-17(23)27-13-14-28-18(24)10-6-4-8-12-30-20(26)16(2)22/h15-16,21-22H,3-14H2,1-2H3. The van der Waals surface area contributed by atoms with Crippen molar-refractivity contribution in [2.45, 2.75) is 77.4 Å². The monoisotopic (exact) mass is 434 g/mol. The highest BCUT2D eigenvalue weighted by Gasteiger charge is 2.10. The first-order valence-corrected chi connectivity index (χ1v) is 10.2. The number of esters is 4. The smallest absolute Gasteiger partial charge is 0.334 e. The van der Waals surface area contributed by atoms with Crippen LogP contribution in [0.1, 0.15) is 65.2 Å². The first-order valence-electron chi connectivity index (χ1n) is 10.2. The molecule has 0 aliphatic carbocycles. The van der Waals surface area contributed by atoms with Crippen LogP contribution in [-0.2, 0) is 38.1 Å². The van der Waals surface area contributed by atoms with Crippen LogP contribution in [0.15, 0.2) is 0 Å². The first-order chi connectivity index (χ1) is 14.2. The lowest BCUT2D eigenvalue weighted by Crippen LogP contribution is -2.19.